The molecule has 0 radical (unpaired) electrons. The molecule has 2 aliphatic heterocycles. The Morgan fingerprint density at radius 1 is 0.844 bits per heavy atom. The van der Waals surface area contributed by atoms with Crippen molar-refractivity contribution in [2.24, 2.45) is 0 Å². The molecule has 0 saturated carbocycles. The van der Waals surface area contributed by atoms with Gasteiger partial charge in [-0.3, -0.25) is 9.69 Å². The van der Waals surface area contributed by atoms with Crippen LogP contribution in [0.4, 0.5) is 5.69 Å². The van der Waals surface area contributed by atoms with E-state index in [-0.39, 0.29) is 5.91 Å². The second-order valence-electron chi connectivity index (χ2n) is 8.74. The van der Waals surface area contributed by atoms with Crippen LogP contribution in [-0.2, 0) is 11.3 Å². The summed E-state index contributed by atoms with van der Waals surface area (Å²) >= 11 is 0. The fourth-order valence-corrected chi connectivity index (χ4v) is 4.47. The van der Waals surface area contributed by atoms with E-state index in [4.69, 9.17) is 5.26 Å². The molecule has 5 nitrogen and oxygen atoms in total. The number of carbonyl (C=O) groups is 1. The standard InChI is InChI=1S/C27H32N4O/c28-21-24-5-7-25(8-6-24)22-29-17-19-31(20-18-29)27(32)14-11-23-9-12-26(13-10-23)30-15-3-1-2-4-16-30/h5-14H,1-4,15-20,22H2. The summed E-state index contributed by atoms with van der Waals surface area (Å²) in [5.74, 6) is 0.0830. The van der Waals surface area contributed by atoms with E-state index in [9.17, 15) is 4.79 Å². The average molecular weight is 429 g/mol. The van der Waals surface area contributed by atoms with Crippen LogP contribution in [0.25, 0.3) is 6.08 Å². The number of nitrogens with zero attached hydrogens (tertiary/aromatic N) is 4. The zero-order chi connectivity index (χ0) is 22.2. The Kier molecular flexibility index (Phi) is 7.58. The van der Waals surface area contributed by atoms with E-state index in [1.165, 1.54) is 36.9 Å². The fraction of sp³-hybridized carbons (Fsp3) is 0.407. The highest BCUT2D eigenvalue weighted by molar-refractivity contribution is 5.91. The van der Waals surface area contributed by atoms with Gasteiger partial charge in [0, 0.05) is 57.6 Å². The fourth-order valence-electron chi connectivity index (χ4n) is 4.47. The van der Waals surface area contributed by atoms with Crippen molar-refractivity contribution in [3.8, 4) is 6.07 Å². The molecule has 5 heteroatoms. The number of amides is 1. The van der Waals surface area contributed by atoms with Crippen LogP contribution in [0.1, 0.15) is 42.4 Å². The van der Waals surface area contributed by atoms with E-state index in [1.807, 2.05) is 35.2 Å². The number of hydrogen-bond acceptors (Lipinski definition) is 4. The lowest BCUT2D eigenvalue weighted by Gasteiger charge is -2.34. The molecule has 0 N–H and O–H groups in total. The molecule has 0 atom stereocenters. The van der Waals surface area contributed by atoms with Crippen LogP contribution in [0.5, 0.6) is 0 Å². The van der Waals surface area contributed by atoms with Crippen LogP contribution in [0, 0.1) is 11.3 Å². The van der Waals surface area contributed by atoms with Gasteiger partial charge in [-0.05, 0) is 54.3 Å². The van der Waals surface area contributed by atoms with Crippen LogP contribution >= 0.6 is 0 Å². The lowest BCUT2D eigenvalue weighted by Crippen LogP contribution is -2.47. The van der Waals surface area contributed by atoms with E-state index >= 15 is 0 Å². The molecule has 32 heavy (non-hydrogen) atoms. The largest absolute Gasteiger partial charge is 0.372 e. The molecule has 1 amide bonds. The molecule has 166 valence electrons. The third kappa shape index (κ3) is 5.99. The number of carbonyl (C=O) groups excluding carboxylic acids is 1. The van der Waals surface area contributed by atoms with Crippen LogP contribution < -0.4 is 4.90 Å². The number of rotatable bonds is 5. The van der Waals surface area contributed by atoms with E-state index in [2.05, 4.69) is 40.1 Å². The van der Waals surface area contributed by atoms with Crippen LogP contribution in [0.15, 0.2) is 54.6 Å². The van der Waals surface area contributed by atoms with Gasteiger partial charge >= 0.3 is 0 Å². The predicted octanol–water partition coefficient (Wildman–Crippen LogP) is 4.30. The lowest BCUT2D eigenvalue weighted by atomic mass is 10.1. The number of nitriles is 1. The van der Waals surface area contributed by atoms with Crippen molar-refractivity contribution in [3.63, 3.8) is 0 Å². The second kappa shape index (κ2) is 11.0. The zero-order valence-corrected chi connectivity index (χ0v) is 18.7. The third-order valence-electron chi connectivity index (χ3n) is 6.46. The first-order valence-electron chi connectivity index (χ1n) is 11.7. The molecule has 0 unspecified atom stereocenters. The molecule has 0 spiro atoms. The van der Waals surface area contributed by atoms with Crippen molar-refractivity contribution in [2.45, 2.75) is 32.2 Å². The zero-order valence-electron chi connectivity index (χ0n) is 18.7. The molecule has 2 saturated heterocycles. The van der Waals surface area contributed by atoms with Crippen LogP contribution in [-0.4, -0.2) is 55.0 Å². The Bertz CT molecular complexity index is 943. The summed E-state index contributed by atoms with van der Waals surface area (Å²) in [7, 11) is 0. The highest BCUT2D eigenvalue weighted by Gasteiger charge is 2.19. The molecule has 0 aromatic heterocycles. The van der Waals surface area contributed by atoms with Gasteiger partial charge in [-0.1, -0.05) is 37.1 Å². The molecule has 4 rings (SSSR count). The SMILES string of the molecule is N#Cc1ccc(CN2CCN(C(=O)C=Cc3ccc(N4CCCCCC4)cc3)CC2)cc1. The Morgan fingerprint density at radius 2 is 1.50 bits per heavy atom. The van der Waals surface area contributed by atoms with E-state index in [1.54, 1.807) is 6.08 Å². The maximum absolute atomic E-state index is 12.6. The molecular formula is C27H32N4O. The van der Waals surface area contributed by atoms with Gasteiger partial charge in [0.05, 0.1) is 11.6 Å². The molecule has 2 aliphatic rings. The second-order valence-corrected chi connectivity index (χ2v) is 8.74. The maximum Gasteiger partial charge on any atom is 0.246 e. The van der Waals surface area contributed by atoms with Gasteiger partial charge in [0.2, 0.25) is 5.91 Å². The number of hydrogen-bond donors (Lipinski definition) is 0. The monoisotopic (exact) mass is 428 g/mol. The number of anilines is 1. The first-order chi connectivity index (χ1) is 15.7. The Morgan fingerprint density at radius 3 is 2.12 bits per heavy atom. The topological polar surface area (TPSA) is 50.6 Å². The van der Waals surface area contributed by atoms with Crippen molar-refractivity contribution in [2.75, 3.05) is 44.2 Å². The summed E-state index contributed by atoms with van der Waals surface area (Å²) < 4.78 is 0. The maximum atomic E-state index is 12.6. The summed E-state index contributed by atoms with van der Waals surface area (Å²) in [4.78, 5) is 19.4. The summed E-state index contributed by atoms with van der Waals surface area (Å²) in [5.41, 5.74) is 4.24. The van der Waals surface area contributed by atoms with Gasteiger partial charge in [0.15, 0.2) is 0 Å². The predicted molar refractivity (Wildman–Crippen MR) is 129 cm³/mol. The van der Waals surface area contributed by atoms with Crippen LogP contribution in [0.2, 0.25) is 0 Å². The van der Waals surface area contributed by atoms with Gasteiger partial charge in [-0.25, -0.2) is 0 Å². The molecule has 2 fully saturated rings. The summed E-state index contributed by atoms with van der Waals surface area (Å²) in [6.07, 6.45) is 8.86. The molecule has 0 bridgehead atoms. The summed E-state index contributed by atoms with van der Waals surface area (Å²) in [5, 5.41) is 8.92. The lowest BCUT2D eigenvalue weighted by molar-refractivity contribution is -0.127. The molecule has 2 aromatic rings. The minimum Gasteiger partial charge on any atom is -0.372 e. The van der Waals surface area contributed by atoms with Crippen molar-refractivity contribution in [3.05, 3.63) is 71.3 Å². The molecule has 0 aliphatic carbocycles. The Labute approximate surface area is 191 Å². The minimum absolute atomic E-state index is 0.0830. The summed E-state index contributed by atoms with van der Waals surface area (Å²) in [6.45, 7) is 6.36. The molecular weight excluding hydrogens is 396 g/mol. The Balaban J connectivity index is 1.24. The highest BCUT2D eigenvalue weighted by atomic mass is 16.2. The van der Waals surface area contributed by atoms with Crippen LogP contribution in [0.3, 0.4) is 0 Å². The van der Waals surface area contributed by atoms with E-state index in [0.29, 0.717) is 5.56 Å². The van der Waals surface area contributed by atoms with Crippen molar-refractivity contribution >= 4 is 17.7 Å². The van der Waals surface area contributed by atoms with E-state index < -0.39 is 0 Å². The first kappa shape index (κ1) is 22.1. The Hall–Kier alpha value is -3.10. The normalized spacial score (nSPS) is 17.8. The summed E-state index contributed by atoms with van der Waals surface area (Å²) in [6, 6.07) is 18.5. The minimum atomic E-state index is 0.0830. The average Bonchev–Trinajstić information content (AvgIpc) is 3.13. The first-order valence-corrected chi connectivity index (χ1v) is 11.7. The molecule has 2 heterocycles. The quantitative estimate of drug-likeness (QED) is 0.667. The van der Waals surface area contributed by atoms with Crippen molar-refractivity contribution < 1.29 is 4.79 Å². The number of benzene rings is 2. The van der Waals surface area contributed by atoms with Crippen molar-refractivity contribution in [1.29, 1.82) is 5.26 Å². The van der Waals surface area contributed by atoms with Gasteiger partial charge in [-0.15, -0.1) is 0 Å². The van der Waals surface area contributed by atoms with Gasteiger partial charge in [0.1, 0.15) is 0 Å². The van der Waals surface area contributed by atoms with Crippen molar-refractivity contribution in [1.82, 2.24) is 9.80 Å². The number of piperazine rings is 1. The molecule has 2 aromatic carbocycles. The smallest absolute Gasteiger partial charge is 0.246 e. The van der Waals surface area contributed by atoms with Gasteiger partial charge in [-0.2, -0.15) is 5.26 Å². The van der Waals surface area contributed by atoms with E-state index in [0.717, 1.165) is 51.4 Å². The van der Waals surface area contributed by atoms with Gasteiger partial charge in [0.25, 0.3) is 0 Å². The highest BCUT2D eigenvalue weighted by Crippen LogP contribution is 2.20. The third-order valence-corrected chi connectivity index (χ3v) is 6.46. The van der Waals surface area contributed by atoms with Gasteiger partial charge < -0.3 is 9.80 Å².